The molecule has 2 heterocycles. The molecule has 2 N–H and O–H groups in total. The van der Waals surface area contributed by atoms with Crippen LogP contribution in [0.2, 0.25) is 0 Å². The van der Waals surface area contributed by atoms with E-state index in [-0.39, 0.29) is 22.5 Å². The quantitative estimate of drug-likeness (QED) is 0.322. The first-order valence-corrected chi connectivity index (χ1v) is 19.1. The van der Waals surface area contributed by atoms with Crippen LogP contribution in [0.5, 0.6) is 0 Å². The van der Waals surface area contributed by atoms with Gasteiger partial charge in [0.2, 0.25) is 0 Å². The maximum atomic E-state index is 13.1. The summed E-state index contributed by atoms with van der Waals surface area (Å²) in [6, 6.07) is 7.11. The predicted octanol–water partition coefficient (Wildman–Crippen LogP) is 6.96. The number of aliphatic hydroxyl groups is 2. The molecule has 1 aromatic carbocycles. The number of fused-ring (bicyclic) bond motifs is 4. The topological polar surface area (TPSA) is 80.6 Å². The second-order valence-electron chi connectivity index (χ2n) is 18.4. The highest BCUT2D eigenvalue weighted by Crippen LogP contribution is 2.75. The van der Waals surface area contributed by atoms with Gasteiger partial charge >= 0.3 is 0 Å². The minimum atomic E-state index is -0.834. The van der Waals surface area contributed by atoms with Gasteiger partial charge in [-0.15, -0.1) is 0 Å². The average molecular weight is 652 g/mol. The van der Waals surface area contributed by atoms with E-state index in [0.717, 1.165) is 83.7 Å². The summed E-state index contributed by atoms with van der Waals surface area (Å²) in [5, 5.41) is 25.7. The lowest BCUT2D eigenvalue weighted by atomic mass is 9.36. The van der Waals surface area contributed by atoms with Gasteiger partial charge in [-0.1, -0.05) is 26.8 Å². The summed E-state index contributed by atoms with van der Waals surface area (Å²) in [7, 11) is 4.24. The Bertz CT molecular complexity index is 1330. The second kappa shape index (κ2) is 11.4. The van der Waals surface area contributed by atoms with Gasteiger partial charge < -0.3 is 34.1 Å². The molecule has 9 atom stereocenters. The summed E-state index contributed by atoms with van der Waals surface area (Å²) in [4.78, 5) is 2.20. The summed E-state index contributed by atoms with van der Waals surface area (Å²) < 4.78 is 25.1. The van der Waals surface area contributed by atoms with E-state index in [1.54, 1.807) is 0 Å². The van der Waals surface area contributed by atoms with Gasteiger partial charge in [0.25, 0.3) is 0 Å². The van der Waals surface area contributed by atoms with Gasteiger partial charge in [0.05, 0.1) is 24.4 Å². The summed E-state index contributed by atoms with van der Waals surface area (Å²) in [5.74, 6) is 1.03. The highest BCUT2D eigenvalue weighted by Gasteiger charge is 2.73. The van der Waals surface area contributed by atoms with Gasteiger partial charge in [0.1, 0.15) is 0 Å². The molecule has 3 unspecified atom stereocenters. The number of hydrogen-bond acceptors (Lipinski definition) is 7. The molecule has 6 fully saturated rings. The molecule has 0 amide bonds. The van der Waals surface area contributed by atoms with Crippen LogP contribution in [-0.4, -0.2) is 74.0 Å². The fraction of sp³-hybridized carbons (Fsp3) is 0.850. The zero-order chi connectivity index (χ0) is 32.9. The van der Waals surface area contributed by atoms with Crippen molar-refractivity contribution >= 4 is 5.69 Å². The monoisotopic (exact) mass is 651 g/mol. The van der Waals surface area contributed by atoms with Gasteiger partial charge in [-0.2, -0.15) is 0 Å². The van der Waals surface area contributed by atoms with Crippen molar-refractivity contribution in [2.24, 2.45) is 34.0 Å². The number of rotatable bonds is 6. The predicted molar refractivity (Wildman–Crippen MR) is 182 cm³/mol. The number of anilines is 1. The molecule has 262 valence electrons. The van der Waals surface area contributed by atoms with Gasteiger partial charge in [0.15, 0.2) is 12.1 Å². The van der Waals surface area contributed by atoms with Crippen LogP contribution in [0.3, 0.4) is 0 Å². The third kappa shape index (κ3) is 5.10. The van der Waals surface area contributed by atoms with E-state index >= 15 is 0 Å². The third-order valence-electron chi connectivity index (χ3n) is 15.0. The Hall–Kier alpha value is -1.22. The van der Waals surface area contributed by atoms with Gasteiger partial charge in [0, 0.05) is 56.7 Å². The zero-order valence-corrected chi connectivity index (χ0v) is 29.8. The first-order valence-electron chi connectivity index (χ1n) is 19.1. The lowest BCUT2D eigenvalue weighted by Crippen LogP contribution is -2.71. The van der Waals surface area contributed by atoms with Crippen molar-refractivity contribution in [1.29, 1.82) is 0 Å². The largest absolute Gasteiger partial charge is 0.389 e. The van der Waals surface area contributed by atoms with E-state index < -0.39 is 17.0 Å². The maximum absolute atomic E-state index is 13.1. The molecule has 2 saturated heterocycles. The molecule has 4 saturated carbocycles. The van der Waals surface area contributed by atoms with Crippen molar-refractivity contribution in [2.45, 2.75) is 140 Å². The molecule has 5 aliphatic carbocycles. The number of ether oxygens (including phenoxy) is 4. The average Bonchev–Trinajstić information content (AvgIpc) is 3.31. The molecule has 2 spiro atoms. The molecular formula is C40H61NO6. The van der Waals surface area contributed by atoms with Crippen molar-refractivity contribution < 1.29 is 29.2 Å². The lowest BCUT2D eigenvalue weighted by molar-refractivity contribution is -0.358. The van der Waals surface area contributed by atoms with Gasteiger partial charge in [-0.05, 0) is 129 Å². The first-order chi connectivity index (χ1) is 22.3. The first kappa shape index (κ1) is 33.0. The fourth-order valence-electron chi connectivity index (χ4n) is 12.5. The van der Waals surface area contributed by atoms with Crippen molar-refractivity contribution in [1.82, 2.24) is 0 Å². The molecule has 7 nitrogen and oxygen atoms in total. The summed E-state index contributed by atoms with van der Waals surface area (Å²) in [6.45, 7) is 9.65. The molecule has 0 aromatic heterocycles. The molecule has 2 aliphatic heterocycles. The molecule has 1 aromatic rings. The maximum Gasteiger partial charge on any atom is 0.171 e. The Morgan fingerprint density at radius 1 is 0.957 bits per heavy atom. The van der Waals surface area contributed by atoms with Crippen molar-refractivity contribution in [3.8, 4) is 0 Å². The summed E-state index contributed by atoms with van der Waals surface area (Å²) in [5.41, 5.74) is 2.20. The van der Waals surface area contributed by atoms with Crippen LogP contribution in [-0.2, 0) is 25.4 Å². The van der Waals surface area contributed by atoms with E-state index in [1.165, 1.54) is 23.2 Å². The van der Waals surface area contributed by atoms with Crippen LogP contribution in [0.25, 0.3) is 0 Å². The van der Waals surface area contributed by atoms with E-state index in [0.29, 0.717) is 49.9 Å². The molecule has 0 bridgehead atoms. The fourth-order valence-corrected chi connectivity index (χ4v) is 12.5. The number of benzene rings is 1. The SMILES string of the molecule is CN(C)c1ccc2c(c1)C[C@]13CCC4(C[C@]1(O)CC[C@@H]1C3C2C[C@@]2(C)[C@@H]1CC[C@]2(O)CCCOC1CCCCO1)OCC(C)(C)CO4. The van der Waals surface area contributed by atoms with E-state index in [4.69, 9.17) is 18.9 Å². The van der Waals surface area contributed by atoms with Crippen molar-refractivity contribution in [2.75, 3.05) is 45.4 Å². The summed E-state index contributed by atoms with van der Waals surface area (Å²) in [6.07, 6.45) is 12.9. The van der Waals surface area contributed by atoms with Crippen LogP contribution in [0.1, 0.15) is 121 Å². The Morgan fingerprint density at radius 3 is 2.51 bits per heavy atom. The van der Waals surface area contributed by atoms with Gasteiger partial charge in [-0.25, -0.2) is 0 Å². The van der Waals surface area contributed by atoms with Crippen LogP contribution in [0.15, 0.2) is 18.2 Å². The van der Waals surface area contributed by atoms with Crippen LogP contribution < -0.4 is 4.90 Å². The van der Waals surface area contributed by atoms with Crippen LogP contribution in [0.4, 0.5) is 5.69 Å². The Morgan fingerprint density at radius 2 is 1.77 bits per heavy atom. The van der Waals surface area contributed by atoms with Crippen molar-refractivity contribution in [3.63, 3.8) is 0 Å². The van der Waals surface area contributed by atoms with E-state index in [1.807, 2.05) is 0 Å². The minimum absolute atomic E-state index is 0.000978. The Balaban J connectivity index is 1.12. The van der Waals surface area contributed by atoms with Crippen molar-refractivity contribution in [3.05, 3.63) is 29.3 Å². The smallest absolute Gasteiger partial charge is 0.171 e. The number of nitrogens with zero attached hydrogens (tertiary/aromatic N) is 1. The zero-order valence-electron chi connectivity index (χ0n) is 29.8. The normalized spacial score (nSPS) is 44.6. The van der Waals surface area contributed by atoms with E-state index in [9.17, 15) is 10.2 Å². The third-order valence-corrected chi connectivity index (χ3v) is 15.0. The van der Waals surface area contributed by atoms with Crippen LogP contribution >= 0.6 is 0 Å². The molecule has 47 heavy (non-hydrogen) atoms. The molecule has 8 rings (SSSR count). The van der Waals surface area contributed by atoms with E-state index in [2.05, 4.69) is 58.0 Å². The number of hydrogen-bond donors (Lipinski definition) is 2. The van der Waals surface area contributed by atoms with Crippen LogP contribution in [0, 0.1) is 34.0 Å². The highest BCUT2D eigenvalue weighted by molar-refractivity contribution is 5.53. The highest BCUT2D eigenvalue weighted by atomic mass is 16.7. The molecule has 0 radical (unpaired) electrons. The minimum Gasteiger partial charge on any atom is -0.389 e. The second-order valence-corrected chi connectivity index (χ2v) is 18.4. The molecular weight excluding hydrogens is 590 g/mol. The molecule has 7 aliphatic rings. The standard InChI is InChI=1S/C40H61NO6/c1-35(2)25-46-40(47-26-35)18-17-37-22-27-21-28(41(4)5)10-11-29(27)31-23-36(3)32(30(34(31)37)12-15-39(37,43)24-40)13-16-38(36,42)14-8-20-45-33-9-6-7-19-44-33/h10-11,21,30-34,42-43H,6-9,12-20,22-26H2,1-5H3/t30-,31?,32+,33?,34?,36-,37-,38+,39+/m0/s1. The molecule has 7 heteroatoms. The lowest BCUT2D eigenvalue weighted by Gasteiger charge is -2.70. The Labute approximate surface area is 283 Å². The van der Waals surface area contributed by atoms with Gasteiger partial charge in [-0.3, -0.25) is 0 Å². The summed E-state index contributed by atoms with van der Waals surface area (Å²) >= 11 is 0. The Kier molecular flexibility index (Phi) is 7.99.